The Hall–Kier alpha value is -2.72. The maximum Gasteiger partial charge on any atom is 0.257 e. The Kier molecular flexibility index (Phi) is 5.37. The van der Waals surface area contributed by atoms with Gasteiger partial charge < -0.3 is 5.32 Å². The summed E-state index contributed by atoms with van der Waals surface area (Å²) in [6.45, 7) is 0. The third-order valence-corrected chi connectivity index (χ3v) is 7.40. The van der Waals surface area contributed by atoms with Crippen molar-refractivity contribution in [1.82, 2.24) is 13.7 Å². The lowest BCUT2D eigenvalue weighted by molar-refractivity contribution is 0.102. The molecule has 30 heavy (non-hydrogen) atoms. The SMILES string of the molecule is CN(C)S(=O)(=O)c1ccc(Cl)c(C(=O)Nc2ccc(-c3cn4ccsc4n3)cc2)c1. The highest BCUT2D eigenvalue weighted by molar-refractivity contribution is 7.89. The van der Waals surface area contributed by atoms with Crippen molar-refractivity contribution in [2.24, 2.45) is 0 Å². The summed E-state index contributed by atoms with van der Waals surface area (Å²) in [6, 6.07) is 11.3. The molecule has 4 aromatic rings. The first-order chi connectivity index (χ1) is 14.3. The molecule has 2 heterocycles. The molecule has 1 amide bonds. The van der Waals surface area contributed by atoms with Crippen LogP contribution in [0.4, 0.5) is 5.69 Å². The van der Waals surface area contributed by atoms with Crippen LogP contribution >= 0.6 is 22.9 Å². The summed E-state index contributed by atoms with van der Waals surface area (Å²) in [5.74, 6) is -0.494. The number of halogens is 1. The van der Waals surface area contributed by atoms with Gasteiger partial charge in [0.2, 0.25) is 10.0 Å². The molecular formula is C20H17ClN4O3S2. The van der Waals surface area contributed by atoms with Gasteiger partial charge in [0.25, 0.3) is 5.91 Å². The normalized spacial score (nSPS) is 11.9. The van der Waals surface area contributed by atoms with E-state index in [9.17, 15) is 13.2 Å². The third-order valence-electron chi connectivity index (χ3n) is 4.49. The molecule has 0 aliphatic carbocycles. The van der Waals surface area contributed by atoms with Gasteiger partial charge in [0, 0.05) is 43.1 Å². The number of nitrogens with one attached hydrogen (secondary N) is 1. The number of carbonyl (C=O) groups is 1. The van der Waals surface area contributed by atoms with Gasteiger partial charge >= 0.3 is 0 Å². The molecule has 10 heteroatoms. The number of hydrogen-bond acceptors (Lipinski definition) is 5. The average molecular weight is 461 g/mol. The summed E-state index contributed by atoms with van der Waals surface area (Å²) < 4.78 is 27.7. The van der Waals surface area contributed by atoms with E-state index in [-0.39, 0.29) is 15.5 Å². The zero-order valence-electron chi connectivity index (χ0n) is 16.0. The predicted molar refractivity (Wildman–Crippen MR) is 119 cm³/mol. The van der Waals surface area contributed by atoms with Crippen molar-refractivity contribution >= 4 is 49.5 Å². The topological polar surface area (TPSA) is 83.8 Å². The van der Waals surface area contributed by atoms with Crippen molar-refractivity contribution in [1.29, 1.82) is 0 Å². The maximum absolute atomic E-state index is 12.7. The third kappa shape index (κ3) is 3.84. The van der Waals surface area contributed by atoms with E-state index in [1.54, 1.807) is 23.5 Å². The van der Waals surface area contributed by atoms with Crippen LogP contribution in [-0.2, 0) is 10.0 Å². The summed E-state index contributed by atoms with van der Waals surface area (Å²) in [6.07, 6.45) is 3.88. The quantitative estimate of drug-likeness (QED) is 0.483. The van der Waals surface area contributed by atoms with Gasteiger partial charge in [-0.25, -0.2) is 17.7 Å². The van der Waals surface area contributed by atoms with Gasteiger partial charge in [-0.2, -0.15) is 0 Å². The number of carbonyl (C=O) groups excluding carboxylic acids is 1. The number of sulfonamides is 1. The first kappa shape index (κ1) is 20.5. The summed E-state index contributed by atoms with van der Waals surface area (Å²) >= 11 is 7.70. The molecule has 0 aliphatic rings. The van der Waals surface area contributed by atoms with Gasteiger partial charge in [-0.05, 0) is 30.3 Å². The smallest absolute Gasteiger partial charge is 0.257 e. The molecule has 0 unspecified atom stereocenters. The zero-order chi connectivity index (χ0) is 21.5. The fourth-order valence-electron chi connectivity index (χ4n) is 2.84. The molecule has 0 aliphatic heterocycles. The van der Waals surface area contributed by atoms with Crippen LogP contribution in [0.15, 0.2) is 65.1 Å². The average Bonchev–Trinajstić information content (AvgIpc) is 3.31. The van der Waals surface area contributed by atoms with Crippen LogP contribution in [0.3, 0.4) is 0 Å². The minimum Gasteiger partial charge on any atom is -0.322 e. The van der Waals surface area contributed by atoms with Gasteiger partial charge in [0.15, 0.2) is 4.96 Å². The summed E-state index contributed by atoms with van der Waals surface area (Å²) in [4.78, 5) is 18.2. The summed E-state index contributed by atoms with van der Waals surface area (Å²) in [5.41, 5.74) is 2.39. The maximum atomic E-state index is 12.7. The Bertz CT molecular complexity index is 1310. The van der Waals surface area contributed by atoms with E-state index in [1.807, 2.05) is 34.3 Å². The van der Waals surface area contributed by atoms with Crippen molar-refractivity contribution in [2.75, 3.05) is 19.4 Å². The fourth-order valence-corrected chi connectivity index (χ4v) is 4.67. The number of benzene rings is 2. The predicted octanol–water partition coefficient (Wildman–Crippen LogP) is 4.22. The van der Waals surface area contributed by atoms with E-state index >= 15 is 0 Å². The fraction of sp³-hybridized carbons (Fsp3) is 0.100. The molecule has 0 saturated carbocycles. The minimum atomic E-state index is -3.68. The molecule has 2 aromatic heterocycles. The Labute approximate surface area is 182 Å². The lowest BCUT2D eigenvalue weighted by Gasteiger charge is -2.13. The number of imidazole rings is 1. The number of hydrogen-bond donors (Lipinski definition) is 1. The first-order valence-corrected chi connectivity index (χ1v) is 11.5. The largest absolute Gasteiger partial charge is 0.322 e. The molecule has 0 atom stereocenters. The Morgan fingerprint density at radius 3 is 2.57 bits per heavy atom. The molecule has 2 aromatic carbocycles. The van der Waals surface area contributed by atoms with Crippen LogP contribution in [0.5, 0.6) is 0 Å². The molecule has 0 saturated heterocycles. The highest BCUT2D eigenvalue weighted by Gasteiger charge is 2.21. The van der Waals surface area contributed by atoms with E-state index in [0.29, 0.717) is 5.69 Å². The van der Waals surface area contributed by atoms with Crippen molar-refractivity contribution in [3.05, 3.63) is 70.8 Å². The highest BCUT2D eigenvalue weighted by atomic mass is 35.5. The van der Waals surface area contributed by atoms with Crippen LogP contribution in [0.25, 0.3) is 16.2 Å². The first-order valence-electron chi connectivity index (χ1n) is 8.82. The van der Waals surface area contributed by atoms with E-state index in [1.165, 1.54) is 32.3 Å². The summed E-state index contributed by atoms with van der Waals surface area (Å²) in [7, 11) is -0.827. The van der Waals surface area contributed by atoms with E-state index in [0.717, 1.165) is 20.5 Å². The highest BCUT2D eigenvalue weighted by Crippen LogP contribution is 2.25. The van der Waals surface area contributed by atoms with Crippen LogP contribution < -0.4 is 5.32 Å². The molecular weight excluding hydrogens is 444 g/mol. The van der Waals surface area contributed by atoms with Gasteiger partial charge in [-0.15, -0.1) is 11.3 Å². The van der Waals surface area contributed by atoms with Gasteiger partial charge in [0.05, 0.1) is 21.2 Å². The van der Waals surface area contributed by atoms with Gasteiger partial charge in [-0.3, -0.25) is 9.20 Å². The number of rotatable bonds is 5. The molecule has 0 radical (unpaired) electrons. The number of thiazole rings is 1. The number of nitrogens with zero attached hydrogens (tertiary/aromatic N) is 3. The second kappa shape index (κ2) is 7.84. The van der Waals surface area contributed by atoms with Crippen LogP contribution in [-0.4, -0.2) is 42.1 Å². The monoisotopic (exact) mass is 460 g/mol. The van der Waals surface area contributed by atoms with E-state index < -0.39 is 15.9 Å². The Balaban J connectivity index is 1.56. The van der Waals surface area contributed by atoms with E-state index in [2.05, 4.69) is 10.3 Å². The second-order valence-electron chi connectivity index (χ2n) is 6.68. The van der Waals surface area contributed by atoms with Gasteiger partial charge in [-0.1, -0.05) is 23.7 Å². The van der Waals surface area contributed by atoms with Crippen molar-refractivity contribution in [3.8, 4) is 11.3 Å². The Morgan fingerprint density at radius 2 is 1.90 bits per heavy atom. The van der Waals surface area contributed by atoms with Crippen LogP contribution in [0.1, 0.15) is 10.4 Å². The zero-order valence-corrected chi connectivity index (χ0v) is 18.4. The molecule has 0 fully saturated rings. The van der Waals surface area contributed by atoms with Crippen LogP contribution in [0.2, 0.25) is 5.02 Å². The second-order valence-corrected chi connectivity index (χ2v) is 10.1. The van der Waals surface area contributed by atoms with Crippen molar-refractivity contribution in [3.63, 3.8) is 0 Å². The molecule has 7 nitrogen and oxygen atoms in total. The Morgan fingerprint density at radius 1 is 1.17 bits per heavy atom. The number of aromatic nitrogens is 2. The van der Waals surface area contributed by atoms with Crippen molar-refractivity contribution < 1.29 is 13.2 Å². The van der Waals surface area contributed by atoms with Gasteiger partial charge in [0.1, 0.15) is 0 Å². The standard InChI is InChI=1S/C20H17ClN4O3S2/c1-24(2)30(27,28)15-7-8-17(21)16(11-15)19(26)22-14-5-3-13(4-6-14)18-12-25-9-10-29-20(25)23-18/h3-12H,1-2H3,(H,22,26). The lowest BCUT2D eigenvalue weighted by atomic mass is 10.1. The molecule has 1 N–H and O–H groups in total. The number of anilines is 1. The molecule has 0 bridgehead atoms. The lowest BCUT2D eigenvalue weighted by Crippen LogP contribution is -2.23. The molecule has 4 rings (SSSR count). The minimum absolute atomic E-state index is 0.00264. The summed E-state index contributed by atoms with van der Waals surface area (Å²) in [5, 5.41) is 4.89. The number of amides is 1. The van der Waals surface area contributed by atoms with E-state index in [4.69, 9.17) is 11.6 Å². The molecule has 0 spiro atoms. The van der Waals surface area contributed by atoms with Crippen LogP contribution in [0, 0.1) is 0 Å². The number of fused-ring (bicyclic) bond motifs is 1. The van der Waals surface area contributed by atoms with Crippen molar-refractivity contribution in [2.45, 2.75) is 4.90 Å². The molecule has 154 valence electrons.